The van der Waals surface area contributed by atoms with Crippen LogP contribution in [-0.2, 0) is 0 Å². The smallest absolute Gasteiger partial charge is 0.319 e. The zero-order valence-corrected chi connectivity index (χ0v) is 8.45. The highest BCUT2D eigenvalue weighted by atomic mass is 32.2. The summed E-state index contributed by atoms with van der Waals surface area (Å²) in [5.41, 5.74) is 5.26. The van der Waals surface area contributed by atoms with Crippen LogP contribution >= 0.6 is 11.8 Å². The van der Waals surface area contributed by atoms with E-state index in [1.54, 1.807) is 0 Å². The second kappa shape index (κ2) is 4.75. The second-order valence-electron chi connectivity index (χ2n) is 2.52. The molecule has 0 saturated carbocycles. The summed E-state index contributed by atoms with van der Waals surface area (Å²) in [7, 11) is 0. The average Bonchev–Trinajstić information content (AvgIpc) is 2.14. The lowest BCUT2D eigenvalue weighted by Crippen LogP contribution is -2.00. The number of rotatable bonds is 4. The molecule has 0 unspecified atom stereocenters. The number of anilines is 1. The lowest BCUT2D eigenvalue weighted by Gasteiger charge is -2.00. The Hall–Kier alpha value is -1.37. The maximum absolute atomic E-state index is 10.6. The van der Waals surface area contributed by atoms with Gasteiger partial charge in [-0.25, -0.2) is 4.98 Å². The summed E-state index contributed by atoms with van der Waals surface area (Å²) < 4.78 is 0. The number of thioether (sulfide) groups is 1. The van der Waals surface area contributed by atoms with E-state index in [0.29, 0.717) is 5.03 Å². The van der Waals surface area contributed by atoms with Gasteiger partial charge in [-0.3, -0.25) is 10.1 Å². The normalized spacial score (nSPS) is 10.1. The van der Waals surface area contributed by atoms with Crippen molar-refractivity contribution in [1.82, 2.24) is 9.97 Å². The third-order valence-electron chi connectivity index (χ3n) is 1.39. The summed E-state index contributed by atoms with van der Waals surface area (Å²) in [5.74, 6) is 0.839. The molecule has 0 atom stereocenters. The van der Waals surface area contributed by atoms with Crippen LogP contribution in [0, 0.1) is 10.1 Å². The standard InChI is InChI=1S/C7H10N4O2S/c1-2-3-14-6-5(11(12)13)4-9-7(8)10-6/h4H,2-3H2,1H3,(H2,8,9,10). The van der Waals surface area contributed by atoms with Crippen LogP contribution in [0.2, 0.25) is 0 Å². The highest BCUT2D eigenvalue weighted by molar-refractivity contribution is 7.99. The number of hydrogen-bond acceptors (Lipinski definition) is 6. The van der Waals surface area contributed by atoms with Gasteiger partial charge in [0.25, 0.3) is 0 Å². The minimum absolute atomic E-state index is 0.0641. The van der Waals surface area contributed by atoms with Crippen molar-refractivity contribution < 1.29 is 4.92 Å². The van der Waals surface area contributed by atoms with Crippen LogP contribution in [-0.4, -0.2) is 20.6 Å². The molecule has 7 heteroatoms. The summed E-state index contributed by atoms with van der Waals surface area (Å²) in [4.78, 5) is 17.5. The van der Waals surface area contributed by atoms with E-state index < -0.39 is 4.92 Å². The van der Waals surface area contributed by atoms with Crippen molar-refractivity contribution in [2.45, 2.75) is 18.4 Å². The zero-order chi connectivity index (χ0) is 10.6. The van der Waals surface area contributed by atoms with E-state index in [1.165, 1.54) is 11.8 Å². The van der Waals surface area contributed by atoms with Crippen LogP contribution in [0.5, 0.6) is 0 Å². The minimum atomic E-state index is -0.503. The summed E-state index contributed by atoms with van der Waals surface area (Å²) in [6.07, 6.45) is 2.06. The van der Waals surface area contributed by atoms with E-state index in [2.05, 4.69) is 9.97 Å². The van der Waals surface area contributed by atoms with E-state index >= 15 is 0 Å². The topological polar surface area (TPSA) is 94.9 Å². The van der Waals surface area contributed by atoms with Gasteiger partial charge in [-0.15, -0.1) is 0 Å². The lowest BCUT2D eigenvalue weighted by atomic mass is 10.5. The number of hydrogen-bond donors (Lipinski definition) is 1. The Morgan fingerprint density at radius 3 is 3.00 bits per heavy atom. The maximum atomic E-state index is 10.6. The number of nitrogen functional groups attached to an aromatic ring is 1. The number of nitrogens with zero attached hydrogens (tertiary/aromatic N) is 3. The SMILES string of the molecule is CCCSc1nc(N)ncc1[N+](=O)[O-]. The fraction of sp³-hybridized carbons (Fsp3) is 0.429. The molecule has 0 aliphatic heterocycles. The summed E-state index contributed by atoms with van der Waals surface area (Å²) in [6.45, 7) is 1.99. The third-order valence-corrected chi connectivity index (χ3v) is 2.58. The maximum Gasteiger partial charge on any atom is 0.319 e. The predicted molar refractivity (Wildman–Crippen MR) is 54.1 cm³/mol. The van der Waals surface area contributed by atoms with Crippen LogP contribution in [0.1, 0.15) is 13.3 Å². The van der Waals surface area contributed by atoms with E-state index in [4.69, 9.17) is 5.73 Å². The molecule has 1 heterocycles. The third kappa shape index (κ3) is 2.56. The van der Waals surface area contributed by atoms with Gasteiger partial charge in [0.1, 0.15) is 6.20 Å². The Labute approximate surface area is 85.1 Å². The second-order valence-corrected chi connectivity index (χ2v) is 3.61. The van der Waals surface area contributed by atoms with E-state index in [9.17, 15) is 10.1 Å². The van der Waals surface area contributed by atoms with Crippen LogP contribution in [0.3, 0.4) is 0 Å². The number of nitrogens with two attached hydrogens (primary N) is 1. The first kappa shape index (κ1) is 10.7. The van der Waals surface area contributed by atoms with Gasteiger partial charge in [-0.1, -0.05) is 18.7 Å². The number of aromatic nitrogens is 2. The largest absolute Gasteiger partial charge is 0.368 e. The van der Waals surface area contributed by atoms with Crippen molar-refractivity contribution in [3.8, 4) is 0 Å². The Morgan fingerprint density at radius 2 is 2.43 bits per heavy atom. The molecule has 0 fully saturated rings. The molecule has 1 aromatic rings. The predicted octanol–water partition coefficient (Wildman–Crippen LogP) is 1.47. The van der Waals surface area contributed by atoms with Crippen molar-refractivity contribution in [3.05, 3.63) is 16.3 Å². The molecule has 76 valence electrons. The van der Waals surface area contributed by atoms with Crippen LogP contribution in [0.4, 0.5) is 11.6 Å². The molecule has 0 saturated heterocycles. The first-order valence-electron chi connectivity index (χ1n) is 4.05. The van der Waals surface area contributed by atoms with E-state index in [0.717, 1.165) is 18.4 Å². The molecule has 0 amide bonds. The molecule has 0 aliphatic carbocycles. The first-order chi connectivity index (χ1) is 6.65. The minimum Gasteiger partial charge on any atom is -0.368 e. The molecule has 14 heavy (non-hydrogen) atoms. The summed E-state index contributed by atoms with van der Waals surface area (Å²) in [6, 6.07) is 0. The molecular formula is C7H10N4O2S. The highest BCUT2D eigenvalue weighted by Gasteiger charge is 2.16. The van der Waals surface area contributed by atoms with Crippen LogP contribution in [0.25, 0.3) is 0 Å². The molecule has 2 N–H and O–H groups in total. The van der Waals surface area contributed by atoms with Crippen molar-refractivity contribution in [2.24, 2.45) is 0 Å². The molecule has 0 spiro atoms. The summed E-state index contributed by atoms with van der Waals surface area (Å²) in [5, 5.41) is 10.9. The fourth-order valence-corrected chi connectivity index (χ4v) is 1.63. The molecule has 1 rings (SSSR count). The molecule has 0 aromatic carbocycles. The number of nitro groups is 1. The van der Waals surface area contributed by atoms with Gasteiger partial charge in [0.2, 0.25) is 5.95 Å². The lowest BCUT2D eigenvalue weighted by molar-refractivity contribution is -0.388. The van der Waals surface area contributed by atoms with Gasteiger partial charge >= 0.3 is 5.69 Å². The monoisotopic (exact) mass is 214 g/mol. The molecular weight excluding hydrogens is 204 g/mol. The van der Waals surface area contributed by atoms with Crippen molar-refractivity contribution in [3.63, 3.8) is 0 Å². The van der Waals surface area contributed by atoms with Gasteiger partial charge in [0.15, 0.2) is 5.03 Å². The zero-order valence-electron chi connectivity index (χ0n) is 7.64. The van der Waals surface area contributed by atoms with Crippen LogP contribution < -0.4 is 5.73 Å². The van der Waals surface area contributed by atoms with E-state index in [-0.39, 0.29) is 11.6 Å². The summed E-state index contributed by atoms with van der Waals surface area (Å²) >= 11 is 1.32. The van der Waals surface area contributed by atoms with E-state index in [1.807, 2.05) is 6.92 Å². The Morgan fingerprint density at radius 1 is 1.71 bits per heavy atom. The quantitative estimate of drug-likeness (QED) is 0.353. The Kier molecular flexibility index (Phi) is 3.63. The van der Waals surface area contributed by atoms with Crippen LogP contribution in [0.15, 0.2) is 11.2 Å². The van der Waals surface area contributed by atoms with Gasteiger partial charge < -0.3 is 5.73 Å². The van der Waals surface area contributed by atoms with Gasteiger partial charge in [0.05, 0.1) is 4.92 Å². The molecule has 0 radical (unpaired) electrons. The average molecular weight is 214 g/mol. The van der Waals surface area contributed by atoms with Gasteiger partial charge in [-0.05, 0) is 12.2 Å². The molecule has 1 aromatic heterocycles. The van der Waals surface area contributed by atoms with Crippen molar-refractivity contribution >= 4 is 23.4 Å². The van der Waals surface area contributed by atoms with Crippen molar-refractivity contribution in [1.29, 1.82) is 0 Å². The Balaban J connectivity index is 2.97. The fourth-order valence-electron chi connectivity index (χ4n) is 0.803. The van der Waals surface area contributed by atoms with Gasteiger partial charge in [0, 0.05) is 0 Å². The highest BCUT2D eigenvalue weighted by Crippen LogP contribution is 2.26. The Bertz CT molecular complexity index is 344. The van der Waals surface area contributed by atoms with Crippen molar-refractivity contribution in [2.75, 3.05) is 11.5 Å². The molecule has 0 bridgehead atoms. The first-order valence-corrected chi connectivity index (χ1v) is 5.03. The molecule has 6 nitrogen and oxygen atoms in total. The molecule has 0 aliphatic rings. The van der Waals surface area contributed by atoms with Gasteiger partial charge in [-0.2, -0.15) is 4.98 Å².